The van der Waals surface area contributed by atoms with Crippen LogP contribution in [-0.2, 0) is 11.3 Å². The first-order valence-corrected chi connectivity index (χ1v) is 9.27. The predicted octanol–water partition coefficient (Wildman–Crippen LogP) is 1.15. The molecule has 3 aromatic rings. The van der Waals surface area contributed by atoms with Crippen molar-refractivity contribution in [3.63, 3.8) is 0 Å². The van der Waals surface area contributed by atoms with E-state index >= 15 is 0 Å². The van der Waals surface area contributed by atoms with Gasteiger partial charge in [0.25, 0.3) is 0 Å². The minimum absolute atomic E-state index is 0.0825. The molecule has 0 bridgehead atoms. The van der Waals surface area contributed by atoms with Gasteiger partial charge < -0.3 is 25.4 Å². The Balaban J connectivity index is 1.63. The van der Waals surface area contributed by atoms with E-state index in [2.05, 4.69) is 20.3 Å². The molecule has 0 unspecified atom stereocenters. The molecule has 1 saturated heterocycles. The summed E-state index contributed by atoms with van der Waals surface area (Å²) in [5.41, 5.74) is 1.50. The average Bonchev–Trinajstić information content (AvgIpc) is 3.26. The summed E-state index contributed by atoms with van der Waals surface area (Å²) in [4.78, 5) is 12.6. The zero-order valence-corrected chi connectivity index (χ0v) is 16.1. The number of hydrogen-bond donors (Lipinski definition) is 4. The van der Waals surface area contributed by atoms with Gasteiger partial charge >= 0.3 is 0 Å². The standard InChI is InChI=1S/C18H19ClFN5O4/c1-8-2-3-10(19)9(12(8)20)4-21-16-13-17(23-6-22-16)25(7-24-13)18-15(28)14(27)11(5-26)29-18/h2-3,6-7,11,14-15,18,26-28H,4-5H2,1H3,(H,21,22,23)/t11-,14-,15-,18-/m1/s1. The smallest absolute Gasteiger partial charge is 0.167 e. The number of aliphatic hydroxyl groups is 3. The van der Waals surface area contributed by atoms with Gasteiger partial charge in [0.15, 0.2) is 23.2 Å². The van der Waals surface area contributed by atoms with E-state index in [4.69, 9.17) is 16.3 Å². The molecule has 4 atom stereocenters. The van der Waals surface area contributed by atoms with E-state index in [1.165, 1.54) is 17.2 Å². The molecule has 1 aliphatic heterocycles. The molecule has 1 fully saturated rings. The number of aromatic nitrogens is 4. The molecule has 11 heteroatoms. The zero-order valence-electron chi connectivity index (χ0n) is 15.3. The Kier molecular flexibility index (Phi) is 5.36. The van der Waals surface area contributed by atoms with Crippen LogP contribution in [0.5, 0.6) is 0 Å². The zero-order chi connectivity index (χ0) is 20.7. The SMILES string of the molecule is Cc1ccc(Cl)c(CNc2ncnc3c2ncn3[C@@H]2O[C@H](CO)[C@@H](O)[C@H]2O)c1F. The third-order valence-corrected chi connectivity index (χ3v) is 5.32. The van der Waals surface area contributed by atoms with E-state index in [0.717, 1.165) is 0 Å². The number of rotatable bonds is 5. The third-order valence-electron chi connectivity index (χ3n) is 4.96. The quantitative estimate of drug-likeness (QED) is 0.481. The molecule has 0 spiro atoms. The number of ether oxygens (including phenoxy) is 1. The highest BCUT2D eigenvalue weighted by atomic mass is 35.5. The van der Waals surface area contributed by atoms with Crippen LogP contribution in [0.1, 0.15) is 17.4 Å². The molecule has 0 aliphatic carbocycles. The van der Waals surface area contributed by atoms with Crippen LogP contribution in [0.25, 0.3) is 11.2 Å². The van der Waals surface area contributed by atoms with E-state index in [1.807, 2.05) is 0 Å². The van der Waals surface area contributed by atoms with Crippen molar-refractivity contribution < 1.29 is 24.4 Å². The van der Waals surface area contributed by atoms with Gasteiger partial charge in [-0.05, 0) is 18.6 Å². The van der Waals surface area contributed by atoms with Crippen molar-refractivity contribution in [2.75, 3.05) is 11.9 Å². The second kappa shape index (κ2) is 7.81. The fourth-order valence-corrected chi connectivity index (χ4v) is 3.54. The number of fused-ring (bicyclic) bond motifs is 1. The molecule has 0 saturated carbocycles. The number of aliphatic hydroxyl groups excluding tert-OH is 3. The van der Waals surface area contributed by atoms with Crippen molar-refractivity contribution in [3.05, 3.63) is 46.8 Å². The van der Waals surface area contributed by atoms with Crippen LogP contribution in [0.2, 0.25) is 5.02 Å². The molecular formula is C18H19ClFN5O4. The van der Waals surface area contributed by atoms with E-state index < -0.39 is 37.0 Å². The van der Waals surface area contributed by atoms with Crippen molar-refractivity contribution >= 4 is 28.6 Å². The maximum absolute atomic E-state index is 14.4. The second-order valence-corrected chi connectivity index (χ2v) is 7.19. The number of aryl methyl sites for hydroxylation is 1. The number of imidazole rings is 1. The van der Waals surface area contributed by atoms with E-state index in [0.29, 0.717) is 33.1 Å². The van der Waals surface area contributed by atoms with E-state index in [9.17, 15) is 19.7 Å². The number of anilines is 1. The number of halogens is 2. The van der Waals surface area contributed by atoms with Gasteiger partial charge in [-0.3, -0.25) is 4.57 Å². The van der Waals surface area contributed by atoms with Gasteiger partial charge in [0.05, 0.1) is 12.9 Å². The van der Waals surface area contributed by atoms with Gasteiger partial charge in [0.2, 0.25) is 0 Å². The lowest BCUT2D eigenvalue weighted by molar-refractivity contribution is -0.0511. The first-order valence-electron chi connectivity index (χ1n) is 8.89. The van der Waals surface area contributed by atoms with Crippen molar-refractivity contribution in [1.82, 2.24) is 19.5 Å². The summed E-state index contributed by atoms with van der Waals surface area (Å²) in [5.74, 6) is -0.0511. The van der Waals surface area contributed by atoms with Crippen LogP contribution in [0.15, 0.2) is 24.8 Å². The molecule has 0 amide bonds. The van der Waals surface area contributed by atoms with Crippen LogP contribution < -0.4 is 5.32 Å². The van der Waals surface area contributed by atoms with Crippen LogP contribution in [0.4, 0.5) is 10.2 Å². The van der Waals surface area contributed by atoms with Gasteiger partial charge in [0, 0.05) is 17.1 Å². The van der Waals surface area contributed by atoms with Gasteiger partial charge in [-0.15, -0.1) is 0 Å². The summed E-state index contributed by atoms with van der Waals surface area (Å²) in [6.45, 7) is 1.30. The normalized spacial score (nSPS) is 24.3. The molecule has 9 nitrogen and oxygen atoms in total. The first kappa shape index (κ1) is 19.9. The van der Waals surface area contributed by atoms with Crippen LogP contribution in [0.3, 0.4) is 0 Å². The molecule has 0 radical (unpaired) electrons. The molecule has 154 valence electrons. The molecule has 2 aromatic heterocycles. The first-order chi connectivity index (χ1) is 13.9. The predicted molar refractivity (Wildman–Crippen MR) is 102 cm³/mol. The van der Waals surface area contributed by atoms with Gasteiger partial charge in [-0.1, -0.05) is 17.7 Å². The average molecular weight is 424 g/mol. The Labute approximate surface area is 169 Å². The second-order valence-electron chi connectivity index (χ2n) is 6.79. The summed E-state index contributed by atoms with van der Waals surface area (Å²) in [7, 11) is 0. The van der Waals surface area contributed by atoms with Crippen molar-refractivity contribution in [1.29, 1.82) is 0 Å². The summed E-state index contributed by atoms with van der Waals surface area (Å²) >= 11 is 6.11. The van der Waals surface area contributed by atoms with Gasteiger partial charge in [0.1, 0.15) is 30.5 Å². The Hall–Kier alpha value is -2.37. The fraction of sp³-hybridized carbons (Fsp3) is 0.389. The maximum atomic E-state index is 14.4. The molecule has 29 heavy (non-hydrogen) atoms. The fourth-order valence-electron chi connectivity index (χ4n) is 3.33. The molecule has 4 rings (SSSR count). The van der Waals surface area contributed by atoms with E-state index in [1.54, 1.807) is 19.1 Å². The number of nitrogens with zero attached hydrogens (tertiary/aromatic N) is 4. The Morgan fingerprint density at radius 1 is 1.24 bits per heavy atom. The minimum atomic E-state index is -1.27. The summed E-state index contributed by atoms with van der Waals surface area (Å²) in [5, 5.41) is 32.8. The summed E-state index contributed by atoms with van der Waals surface area (Å²) in [6.07, 6.45) is -1.72. The molecular weight excluding hydrogens is 405 g/mol. The Morgan fingerprint density at radius 3 is 2.76 bits per heavy atom. The highest BCUT2D eigenvalue weighted by Gasteiger charge is 2.44. The Bertz CT molecular complexity index is 1050. The lowest BCUT2D eigenvalue weighted by Crippen LogP contribution is -2.33. The summed E-state index contributed by atoms with van der Waals surface area (Å²) in [6, 6.07) is 3.23. The Morgan fingerprint density at radius 2 is 2.03 bits per heavy atom. The van der Waals surface area contributed by atoms with Gasteiger partial charge in [-0.2, -0.15) is 0 Å². The van der Waals surface area contributed by atoms with Crippen molar-refractivity contribution in [3.8, 4) is 0 Å². The van der Waals surface area contributed by atoms with Gasteiger partial charge in [-0.25, -0.2) is 19.3 Å². The molecule has 1 aromatic carbocycles. The number of hydrogen-bond acceptors (Lipinski definition) is 8. The molecule has 1 aliphatic rings. The third kappa shape index (κ3) is 3.43. The van der Waals surface area contributed by atoms with Crippen LogP contribution in [-0.4, -0.2) is 59.8 Å². The topological polar surface area (TPSA) is 126 Å². The van der Waals surface area contributed by atoms with E-state index in [-0.39, 0.29) is 6.54 Å². The lowest BCUT2D eigenvalue weighted by Gasteiger charge is -2.16. The largest absolute Gasteiger partial charge is 0.394 e. The van der Waals surface area contributed by atoms with Crippen molar-refractivity contribution in [2.24, 2.45) is 0 Å². The minimum Gasteiger partial charge on any atom is -0.394 e. The number of nitrogens with one attached hydrogen (secondary N) is 1. The highest BCUT2D eigenvalue weighted by Crippen LogP contribution is 2.32. The maximum Gasteiger partial charge on any atom is 0.167 e. The molecule has 3 heterocycles. The lowest BCUT2D eigenvalue weighted by atomic mass is 10.1. The number of benzene rings is 1. The molecule has 4 N–H and O–H groups in total. The summed E-state index contributed by atoms with van der Waals surface area (Å²) < 4.78 is 21.3. The monoisotopic (exact) mass is 423 g/mol. The van der Waals surface area contributed by atoms with Crippen LogP contribution in [0, 0.1) is 12.7 Å². The van der Waals surface area contributed by atoms with Crippen LogP contribution >= 0.6 is 11.6 Å². The highest BCUT2D eigenvalue weighted by molar-refractivity contribution is 6.31. The van der Waals surface area contributed by atoms with Crippen molar-refractivity contribution in [2.45, 2.75) is 38.0 Å².